The van der Waals surface area contributed by atoms with Crippen molar-refractivity contribution in [3.05, 3.63) is 0 Å². The van der Waals surface area contributed by atoms with Crippen LogP contribution in [0.5, 0.6) is 0 Å². The van der Waals surface area contributed by atoms with Gasteiger partial charge in [0.05, 0.1) is 0 Å². The van der Waals surface area contributed by atoms with Crippen LogP contribution in [0.25, 0.3) is 0 Å². The summed E-state index contributed by atoms with van der Waals surface area (Å²) in [5, 5.41) is 1.50. The first-order valence-electron chi connectivity index (χ1n) is 8.56. The van der Waals surface area contributed by atoms with Crippen LogP contribution in [-0.2, 0) is 0 Å². The maximum atomic E-state index is 5.84. The predicted octanol–water partition coefficient (Wildman–Crippen LogP) is 4.24. The van der Waals surface area contributed by atoms with Crippen molar-refractivity contribution in [1.82, 2.24) is 0 Å². The molecule has 0 unspecified atom stereocenters. The first kappa shape index (κ1) is 21.6. The highest BCUT2D eigenvalue weighted by molar-refractivity contribution is 8.14. The van der Waals surface area contributed by atoms with Gasteiger partial charge in [-0.15, -0.1) is 0 Å². The average molecular weight is 347 g/mol. The number of hydrogen-bond donors (Lipinski definition) is 2. The number of aliphatic imine (C=N–C) groups is 2. The molecule has 0 saturated heterocycles. The fourth-order valence-corrected chi connectivity index (χ4v) is 3.18. The van der Waals surface area contributed by atoms with Crippen molar-refractivity contribution in [1.29, 1.82) is 0 Å². The van der Waals surface area contributed by atoms with Crippen LogP contribution >= 0.6 is 23.5 Å². The SMILES string of the molecule is CCCCN=C(N)SCCCCCCSC(N)=NCCCC. The van der Waals surface area contributed by atoms with E-state index in [0.29, 0.717) is 0 Å². The molecule has 0 radical (unpaired) electrons. The van der Waals surface area contributed by atoms with Crippen molar-refractivity contribution in [3.63, 3.8) is 0 Å². The molecule has 0 aromatic heterocycles. The van der Waals surface area contributed by atoms with Crippen LogP contribution < -0.4 is 11.5 Å². The summed E-state index contributed by atoms with van der Waals surface area (Å²) in [5.41, 5.74) is 11.7. The second-order valence-electron chi connectivity index (χ2n) is 5.26. The molecule has 0 aliphatic heterocycles. The molecular weight excluding hydrogens is 312 g/mol. The first-order chi connectivity index (χ1) is 10.7. The Kier molecular flexibility index (Phi) is 16.7. The summed E-state index contributed by atoms with van der Waals surface area (Å²) in [6.07, 6.45) is 9.53. The zero-order valence-corrected chi connectivity index (χ0v) is 16.0. The number of thioether (sulfide) groups is 2. The number of amidine groups is 2. The Labute approximate surface area is 145 Å². The monoisotopic (exact) mass is 346 g/mol. The number of nitrogens with two attached hydrogens (primary N) is 2. The Morgan fingerprint density at radius 3 is 1.45 bits per heavy atom. The summed E-state index contributed by atoms with van der Waals surface area (Å²) >= 11 is 3.38. The lowest BCUT2D eigenvalue weighted by Crippen LogP contribution is -2.08. The van der Waals surface area contributed by atoms with Crippen LogP contribution in [0.4, 0.5) is 0 Å². The molecule has 0 spiro atoms. The minimum atomic E-state index is 0.750. The minimum absolute atomic E-state index is 0.750. The second kappa shape index (κ2) is 17.0. The fourth-order valence-electron chi connectivity index (χ4n) is 1.70. The van der Waals surface area contributed by atoms with E-state index in [0.717, 1.165) is 47.8 Å². The molecular formula is C16H34N4S2. The molecule has 0 rings (SSSR count). The van der Waals surface area contributed by atoms with E-state index in [4.69, 9.17) is 11.5 Å². The van der Waals surface area contributed by atoms with Crippen molar-refractivity contribution in [2.75, 3.05) is 24.6 Å². The Bertz CT molecular complexity index is 277. The van der Waals surface area contributed by atoms with Gasteiger partial charge in [0.2, 0.25) is 0 Å². The van der Waals surface area contributed by atoms with Gasteiger partial charge in [-0.05, 0) is 25.7 Å². The molecule has 4 nitrogen and oxygen atoms in total. The van der Waals surface area contributed by atoms with Crippen LogP contribution in [0.3, 0.4) is 0 Å². The van der Waals surface area contributed by atoms with Gasteiger partial charge in [0.1, 0.15) is 0 Å². The molecule has 0 saturated carbocycles. The van der Waals surface area contributed by atoms with E-state index in [-0.39, 0.29) is 0 Å². The average Bonchev–Trinajstić information content (AvgIpc) is 2.50. The number of nitrogens with zero attached hydrogens (tertiary/aromatic N) is 2. The maximum Gasteiger partial charge on any atom is 0.153 e. The predicted molar refractivity (Wildman–Crippen MR) is 106 cm³/mol. The van der Waals surface area contributed by atoms with Gasteiger partial charge in [0, 0.05) is 24.6 Å². The number of unbranched alkanes of at least 4 members (excludes halogenated alkanes) is 5. The van der Waals surface area contributed by atoms with Crippen molar-refractivity contribution >= 4 is 33.9 Å². The maximum absolute atomic E-state index is 5.84. The van der Waals surface area contributed by atoms with Gasteiger partial charge in [-0.25, -0.2) is 0 Å². The van der Waals surface area contributed by atoms with Gasteiger partial charge >= 0.3 is 0 Å². The summed E-state index contributed by atoms with van der Waals surface area (Å²) in [4.78, 5) is 8.68. The van der Waals surface area contributed by atoms with E-state index in [1.54, 1.807) is 23.5 Å². The summed E-state index contributed by atoms with van der Waals surface area (Å²) in [5.74, 6) is 2.16. The van der Waals surface area contributed by atoms with E-state index in [1.807, 2.05) is 0 Å². The topological polar surface area (TPSA) is 76.8 Å². The molecule has 0 aliphatic rings. The first-order valence-corrected chi connectivity index (χ1v) is 10.5. The molecule has 0 fully saturated rings. The normalized spacial score (nSPS) is 12.8. The minimum Gasteiger partial charge on any atom is -0.379 e. The van der Waals surface area contributed by atoms with Gasteiger partial charge < -0.3 is 11.5 Å². The molecule has 0 bridgehead atoms. The number of hydrogen-bond acceptors (Lipinski definition) is 4. The molecule has 0 atom stereocenters. The Balaban J connectivity index is 3.36. The van der Waals surface area contributed by atoms with Gasteiger partial charge in [0.25, 0.3) is 0 Å². The molecule has 4 N–H and O–H groups in total. The number of rotatable bonds is 13. The third kappa shape index (κ3) is 16.0. The summed E-state index contributed by atoms with van der Waals surface area (Å²) in [6, 6.07) is 0. The lowest BCUT2D eigenvalue weighted by molar-refractivity contribution is 0.712. The van der Waals surface area contributed by atoms with Gasteiger partial charge in [-0.2, -0.15) is 0 Å². The summed E-state index contributed by atoms with van der Waals surface area (Å²) in [7, 11) is 0. The quantitative estimate of drug-likeness (QED) is 0.297. The lowest BCUT2D eigenvalue weighted by atomic mass is 10.2. The Morgan fingerprint density at radius 1 is 0.682 bits per heavy atom. The van der Waals surface area contributed by atoms with Gasteiger partial charge in [-0.1, -0.05) is 63.1 Å². The largest absolute Gasteiger partial charge is 0.379 e. The van der Waals surface area contributed by atoms with E-state index in [1.165, 1.54) is 38.5 Å². The highest BCUT2D eigenvalue weighted by Gasteiger charge is 1.97. The standard InChI is InChI=1S/C16H34N4S2/c1-3-5-11-19-15(17)21-13-9-7-8-10-14-22-16(18)20-12-6-4-2/h3-14H2,1-2H3,(H2,17,19)(H2,18,20). The Morgan fingerprint density at radius 2 is 1.09 bits per heavy atom. The van der Waals surface area contributed by atoms with Gasteiger partial charge in [0.15, 0.2) is 10.3 Å². The molecule has 0 amide bonds. The highest BCUT2D eigenvalue weighted by Crippen LogP contribution is 2.11. The molecule has 0 heterocycles. The van der Waals surface area contributed by atoms with Gasteiger partial charge in [-0.3, -0.25) is 9.98 Å². The van der Waals surface area contributed by atoms with E-state index in [9.17, 15) is 0 Å². The van der Waals surface area contributed by atoms with Crippen LogP contribution in [0.1, 0.15) is 65.2 Å². The van der Waals surface area contributed by atoms with Crippen molar-refractivity contribution < 1.29 is 0 Å². The highest BCUT2D eigenvalue weighted by atomic mass is 32.2. The van der Waals surface area contributed by atoms with E-state index in [2.05, 4.69) is 23.8 Å². The van der Waals surface area contributed by atoms with Crippen LogP contribution in [0.15, 0.2) is 9.98 Å². The van der Waals surface area contributed by atoms with Crippen LogP contribution in [0.2, 0.25) is 0 Å². The third-order valence-corrected chi connectivity index (χ3v) is 4.93. The van der Waals surface area contributed by atoms with Crippen LogP contribution in [-0.4, -0.2) is 34.9 Å². The van der Waals surface area contributed by atoms with Crippen molar-refractivity contribution in [2.45, 2.75) is 65.2 Å². The summed E-state index contributed by atoms with van der Waals surface area (Å²) < 4.78 is 0. The van der Waals surface area contributed by atoms with Crippen molar-refractivity contribution in [3.8, 4) is 0 Å². The lowest BCUT2D eigenvalue weighted by Gasteiger charge is -2.03. The molecule has 130 valence electrons. The third-order valence-electron chi connectivity index (χ3n) is 3.10. The zero-order chi connectivity index (χ0) is 16.5. The van der Waals surface area contributed by atoms with E-state index < -0.39 is 0 Å². The Hall–Kier alpha value is -0.360. The molecule has 22 heavy (non-hydrogen) atoms. The smallest absolute Gasteiger partial charge is 0.153 e. The molecule has 0 aliphatic carbocycles. The molecule has 0 aromatic rings. The molecule has 0 aromatic carbocycles. The van der Waals surface area contributed by atoms with Crippen molar-refractivity contribution in [2.24, 2.45) is 21.5 Å². The second-order valence-corrected chi connectivity index (χ2v) is 7.49. The fraction of sp³-hybridized carbons (Fsp3) is 0.875. The zero-order valence-electron chi connectivity index (χ0n) is 14.4. The van der Waals surface area contributed by atoms with Crippen LogP contribution in [0, 0.1) is 0 Å². The van der Waals surface area contributed by atoms with E-state index >= 15 is 0 Å². The molecule has 6 heteroatoms. The summed E-state index contributed by atoms with van der Waals surface area (Å²) in [6.45, 7) is 6.07.